The van der Waals surface area contributed by atoms with Crippen molar-refractivity contribution < 1.29 is 23.4 Å². The first kappa shape index (κ1) is 19.0. The summed E-state index contributed by atoms with van der Waals surface area (Å²) >= 11 is 0. The number of ether oxygens (including phenoxy) is 1. The zero-order valence-electron chi connectivity index (χ0n) is 16.3. The number of anilines is 1. The summed E-state index contributed by atoms with van der Waals surface area (Å²) in [6.45, 7) is 0.826. The SMILES string of the molecule is COc1c(N2CC3=CCC[C@@]3(N)C2)c(F)cc2c(=O)c(C(=O)O)cn([C@@H]3C[C@@H]3F)c12. The molecule has 0 bridgehead atoms. The molecule has 1 saturated carbocycles. The normalized spacial score (nSPS) is 27.3. The van der Waals surface area contributed by atoms with Crippen molar-refractivity contribution in [1.82, 2.24) is 4.57 Å². The van der Waals surface area contributed by atoms with Crippen LogP contribution in [0.15, 0.2) is 28.7 Å². The van der Waals surface area contributed by atoms with Crippen LogP contribution >= 0.6 is 0 Å². The molecule has 2 aliphatic carbocycles. The smallest absolute Gasteiger partial charge is 0.341 e. The number of aromatic nitrogens is 1. The number of methoxy groups -OCH3 is 1. The van der Waals surface area contributed by atoms with E-state index < -0.39 is 40.5 Å². The fourth-order valence-electron chi connectivity index (χ4n) is 4.82. The summed E-state index contributed by atoms with van der Waals surface area (Å²) in [7, 11) is 1.35. The predicted octanol–water partition coefficient (Wildman–Crippen LogP) is 2.37. The first-order valence-corrected chi connectivity index (χ1v) is 9.81. The predicted molar refractivity (Wildman–Crippen MR) is 107 cm³/mol. The number of hydrogen-bond acceptors (Lipinski definition) is 5. The third-order valence-corrected chi connectivity index (χ3v) is 6.44. The molecule has 1 aromatic carbocycles. The highest BCUT2D eigenvalue weighted by molar-refractivity contribution is 5.97. The maximum Gasteiger partial charge on any atom is 0.341 e. The third-order valence-electron chi connectivity index (χ3n) is 6.44. The largest absolute Gasteiger partial charge is 0.492 e. The Morgan fingerprint density at radius 2 is 2.17 bits per heavy atom. The van der Waals surface area contributed by atoms with Crippen LogP contribution < -0.4 is 20.8 Å². The van der Waals surface area contributed by atoms with E-state index in [2.05, 4.69) is 6.08 Å². The van der Waals surface area contributed by atoms with Crippen LogP contribution in [-0.2, 0) is 0 Å². The Morgan fingerprint density at radius 3 is 2.77 bits per heavy atom. The number of pyridine rings is 1. The van der Waals surface area contributed by atoms with Crippen LogP contribution in [0.3, 0.4) is 0 Å². The Bertz CT molecular complexity index is 1190. The molecule has 5 rings (SSSR count). The van der Waals surface area contributed by atoms with Crippen molar-refractivity contribution in [2.24, 2.45) is 5.73 Å². The molecular formula is C21H21F2N3O4. The lowest BCUT2D eigenvalue weighted by atomic mass is 9.96. The molecule has 2 aromatic rings. The van der Waals surface area contributed by atoms with Crippen molar-refractivity contribution in [3.63, 3.8) is 0 Å². The maximum atomic E-state index is 15.3. The molecule has 0 amide bonds. The lowest BCUT2D eigenvalue weighted by Crippen LogP contribution is -2.42. The van der Waals surface area contributed by atoms with Crippen molar-refractivity contribution in [3.05, 3.63) is 45.5 Å². The quantitative estimate of drug-likeness (QED) is 0.742. The molecule has 3 atom stereocenters. The molecule has 9 heteroatoms. The first-order chi connectivity index (χ1) is 14.2. The lowest BCUT2D eigenvalue weighted by molar-refractivity contribution is 0.0694. The van der Waals surface area contributed by atoms with E-state index in [0.717, 1.165) is 30.7 Å². The first-order valence-electron chi connectivity index (χ1n) is 9.81. The second-order valence-corrected chi connectivity index (χ2v) is 8.32. The van der Waals surface area contributed by atoms with E-state index in [0.29, 0.717) is 13.1 Å². The Hall–Kier alpha value is -2.94. The van der Waals surface area contributed by atoms with Gasteiger partial charge in [0.15, 0.2) is 11.6 Å². The van der Waals surface area contributed by atoms with Gasteiger partial charge in [-0.2, -0.15) is 0 Å². The van der Waals surface area contributed by atoms with Crippen LogP contribution in [0.4, 0.5) is 14.5 Å². The average molecular weight is 417 g/mol. The van der Waals surface area contributed by atoms with E-state index in [4.69, 9.17) is 10.5 Å². The van der Waals surface area contributed by atoms with Crippen LogP contribution in [0, 0.1) is 5.82 Å². The second-order valence-electron chi connectivity index (χ2n) is 8.32. The molecule has 7 nitrogen and oxygen atoms in total. The number of rotatable bonds is 4. The molecule has 2 heterocycles. The number of allylic oxidation sites excluding steroid dienone is 1. The van der Waals surface area contributed by atoms with Gasteiger partial charge >= 0.3 is 5.97 Å². The summed E-state index contributed by atoms with van der Waals surface area (Å²) in [5.74, 6) is -2.07. The number of halogens is 2. The minimum atomic E-state index is -1.44. The Labute approximate surface area is 170 Å². The van der Waals surface area contributed by atoms with E-state index in [-0.39, 0.29) is 28.8 Å². The van der Waals surface area contributed by atoms with E-state index in [1.807, 2.05) is 0 Å². The van der Waals surface area contributed by atoms with Gasteiger partial charge < -0.3 is 25.0 Å². The van der Waals surface area contributed by atoms with Gasteiger partial charge in [-0.3, -0.25) is 4.79 Å². The van der Waals surface area contributed by atoms with Crippen LogP contribution in [-0.4, -0.2) is 47.6 Å². The van der Waals surface area contributed by atoms with Crippen LogP contribution in [0.5, 0.6) is 5.75 Å². The van der Waals surface area contributed by atoms with Gasteiger partial charge in [0.1, 0.15) is 17.4 Å². The highest BCUT2D eigenvalue weighted by Gasteiger charge is 2.44. The van der Waals surface area contributed by atoms with Gasteiger partial charge in [-0.05, 0) is 24.5 Å². The molecule has 3 aliphatic rings. The summed E-state index contributed by atoms with van der Waals surface area (Å²) in [5.41, 5.74) is 5.99. The molecule has 2 fully saturated rings. The molecule has 158 valence electrons. The summed E-state index contributed by atoms with van der Waals surface area (Å²) in [5, 5.41) is 9.26. The van der Waals surface area contributed by atoms with Crippen molar-refractivity contribution in [1.29, 1.82) is 0 Å². The average Bonchev–Trinajstić information content (AvgIpc) is 3.16. The third kappa shape index (κ3) is 2.57. The number of nitrogens with zero attached hydrogens (tertiary/aromatic N) is 2. The Kier molecular flexibility index (Phi) is 3.99. The summed E-state index contributed by atoms with van der Waals surface area (Å²) in [4.78, 5) is 26.1. The summed E-state index contributed by atoms with van der Waals surface area (Å²) in [6.07, 6.45) is 3.88. The maximum absolute atomic E-state index is 15.3. The van der Waals surface area contributed by atoms with Crippen molar-refractivity contribution in [2.75, 3.05) is 25.1 Å². The van der Waals surface area contributed by atoms with Gasteiger partial charge in [-0.25, -0.2) is 13.6 Å². The van der Waals surface area contributed by atoms with Gasteiger partial charge in [-0.1, -0.05) is 6.08 Å². The van der Waals surface area contributed by atoms with E-state index >= 15 is 4.39 Å². The molecular weight excluding hydrogens is 396 g/mol. The highest BCUT2D eigenvalue weighted by atomic mass is 19.1. The number of fused-ring (bicyclic) bond motifs is 2. The van der Waals surface area contributed by atoms with Crippen LogP contribution in [0.1, 0.15) is 35.7 Å². The van der Waals surface area contributed by atoms with Gasteiger partial charge in [-0.15, -0.1) is 0 Å². The monoisotopic (exact) mass is 417 g/mol. The number of carboxylic acids is 1. The Balaban J connectivity index is 1.78. The van der Waals surface area contributed by atoms with Crippen molar-refractivity contribution in [2.45, 2.75) is 37.0 Å². The lowest BCUT2D eigenvalue weighted by Gasteiger charge is -2.26. The van der Waals surface area contributed by atoms with Crippen LogP contribution in [0.2, 0.25) is 0 Å². The number of alkyl halides is 1. The van der Waals surface area contributed by atoms with Gasteiger partial charge in [0.05, 0.1) is 29.6 Å². The number of carbonyl (C=O) groups is 1. The van der Waals surface area contributed by atoms with Crippen molar-refractivity contribution in [3.8, 4) is 5.75 Å². The second kappa shape index (κ2) is 6.28. The summed E-state index contributed by atoms with van der Waals surface area (Å²) < 4.78 is 36.2. The van der Waals surface area contributed by atoms with Crippen molar-refractivity contribution >= 4 is 22.6 Å². The molecule has 1 aromatic heterocycles. The molecule has 0 unspecified atom stereocenters. The van der Waals surface area contributed by atoms with E-state index in [9.17, 15) is 19.1 Å². The minimum absolute atomic E-state index is 0.0855. The van der Waals surface area contributed by atoms with E-state index in [1.165, 1.54) is 11.7 Å². The number of carboxylic acid groups (broad SMARTS) is 1. The molecule has 30 heavy (non-hydrogen) atoms. The highest BCUT2D eigenvalue weighted by Crippen LogP contribution is 2.47. The molecule has 1 saturated heterocycles. The Morgan fingerprint density at radius 1 is 1.43 bits per heavy atom. The fraction of sp³-hybridized carbons (Fsp3) is 0.429. The fourth-order valence-corrected chi connectivity index (χ4v) is 4.82. The van der Waals surface area contributed by atoms with Gasteiger partial charge in [0.2, 0.25) is 5.43 Å². The molecule has 0 spiro atoms. The number of nitrogens with two attached hydrogens (primary N) is 1. The van der Waals surface area contributed by atoms with E-state index in [1.54, 1.807) is 4.90 Å². The zero-order chi connectivity index (χ0) is 21.4. The minimum Gasteiger partial charge on any atom is -0.492 e. The zero-order valence-corrected chi connectivity index (χ0v) is 16.3. The standard InChI is InChI=1S/C21H21F2N3O4/c1-30-19-16-11(18(27)12(20(28)29)8-26(16)15-6-13(15)22)5-14(23)17(19)25-7-10-3-2-4-21(10,24)9-25/h3,5,8,13,15H,2,4,6-7,9,24H2,1H3,(H,28,29)/t13-,15+,21+/m0/s1. The van der Waals surface area contributed by atoms with Crippen LogP contribution in [0.25, 0.3) is 10.9 Å². The number of hydrogen-bond donors (Lipinski definition) is 2. The number of benzene rings is 1. The van der Waals surface area contributed by atoms with Gasteiger partial charge in [0.25, 0.3) is 0 Å². The van der Waals surface area contributed by atoms with Gasteiger partial charge in [0, 0.05) is 25.7 Å². The summed E-state index contributed by atoms with van der Waals surface area (Å²) in [6, 6.07) is 0.402. The molecule has 1 aliphatic heterocycles. The molecule has 0 radical (unpaired) electrons. The number of aromatic carboxylic acids is 1. The topological polar surface area (TPSA) is 97.8 Å². The molecule has 3 N–H and O–H groups in total.